The van der Waals surface area contributed by atoms with Crippen LogP contribution < -0.4 is 5.32 Å². The predicted molar refractivity (Wildman–Crippen MR) is 52.8 cm³/mol. The highest BCUT2D eigenvalue weighted by atomic mass is 35.5. The molecule has 0 aromatic carbocycles. The minimum atomic E-state index is 0.555. The van der Waals surface area contributed by atoms with Gasteiger partial charge in [0.15, 0.2) is 0 Å². The Morgan fingerprint density at radius 3 is 3.08 bits per heavy atom. The number of nitrogens with zero attached hydrogens (tertiary/aromatic N) is 1. The van der Waals surface area contributed by atoms with Crippen LogP contribution in [0.15, 0.2) is 22.8 Å². The third-order valence-electron chi connectivity index (χ3n) is 1.46. The minimum Gasteiger partial charge on any atom is -0.445 e. The van der Waals surface area contributed by atoms with Gasteiger partial charge in [-0.3, -0.25) is 0 Å². The Morgan fingerprint density at radius 1 is 1.62 bits per heavy atom. The maximum Gasteiger partial charge on any atom is 0.208 e. The van der Waals surface area contributed by atoms with E-state index < -0.39 is 0 Å². The molecule has 0 unspecified atom stereocenters. The molecule has 0 saturated heterocycles. The van der Waals surface area contributed by atoms with Crippen LogP contribution in [-0.4, -0.2) is 17.4 Å². The summed E-state index contributed by atoms with van der Waals surface area (Å²) >= 11 is 5.46. The van der Waals surface area contributed by atoms with Crippen LogP contribution in [0, 0.1) is 6.92 Å². The van der Waals surface area contributed by atoms with Gasteiger partial charge in [0.2, 0.25) is 5.89 Å². The second-order valence-corrected chi connectivity index (χ2v) is 2.93. The highest BCUT2D eigenvalue weighted by molar-refractivity contribution is 6.18. The number of rotatable bonds is 5. The van der Waals surface area contributed by atoms with Crippen molar-refractivity contribution < 1.29 is 4.42 Å². The molecule has 0 radical (unpaired) electrons. The molecule has 0 fully saturated rings. The van der Waals surface area contributed by atoms with Crippen molar-refractivity contribution >= 4 is 11.6 Å². The fourth-order valence-corrected chi connectivity index (χ4v) is 1.02. The minimum absolute atomic E-state index is 0.555. The lowest BCUT2D eigenvalue weighted by Crippen LogP contribution is -2.12. The number of halogens is 1. The summed E-state index contributed by atoms with van der Waals surface area (Å²) in [6.07, 6.45) is 5.59. The standard InChI is InChI=1S/C9H13ClN2O/c1-8-6-12-9(13-8)7-11-5-3-2-4-10/h2-3,6,11H,4-5,7H2,1H3/b3-2+. The van der Waals surface area contributed by atoms with Crippen molar-refractivity contribution in [1.82, 2.24) is 10.3 Å². The Bertz CT molecular complexity index is 270. The van der Waals surface area contributed by atoms with Crippen LogP contribution in [0.2, 0.25) is 0 Å². The summed E-state index contributed by atoms with van der Waals surface area (Å²) in [6, 6.07) is 0. The molecule has 0 bridgehead atoms. The maximum atomic E-state index is 5.46. The van der Waals surface area contributed by atoms with Crippen LogP contribution in [0.5, 0.6) is 0 Å². The van der Waals surface area contributed by atoms with Gasteiger partial charge in [-0.05, 0) is 6.92 Å². The summed E-state index contributed by atoms with van der Waals surface area (Å²) in [5.74, 6) is 2.12. The van der Waals surface area contributed by atoms with Gasteiger partial charge >= 0.3 is 0 Å². The Hall–Kier alpha value is -0.800. The van der Waals surface area contributed by atoms with Crippen molar-refractivity contribution in [2.45, 2.75) is 13.5 Å². The molecule has 1 aromatic heterocycles. The molecule has 1 heterocycles. The molecule has 0 aliphatic heterocycles. The second kappa shape index (κ2) is 5.78. The van der Waals surface area contributed by atoms with Crippen LogP contribution in [0.1, 0.15) is 11.7 Å². The van der Waals surface area contributed by atoms with E-state index in [0.29, 0.717) is 12.4 Å². The zero-order valence-electron chi connectivity index (χ0n) is 7.59. The predicted octanol–water partition coefficient (Wildman–Crippen LogP) is 1.87. The van der Waals surface area contributed by atoms with Crippen molar-refractivity contribution in [2.75, 3.05) is 12.4 Å². The summed E-state index contributed by atoms with van der Waals surface area (Å²) in [4.78, 5) is 4.05. The number of alkyl halides is 1. The smallest absolute Gasteiger partial charge is 0.208 e. The summed E-state index contributed by atoms with van der Waals surface area (Å²) in [6.45, 7) is 3.32. The zero-order chi connectivity index (χ0) is 9.52. The van der Waals surface area contributed by atoms with E-state index in [2.05, 4.69) is 10.3 Å². The van der Waals surface area contributed by atoms with Crippen LogP contribution in [-0.2, 0) is 6.54 Å². The van der Waals surface area contributed by atoms with Gasteiger partial charge in [0.1, 0.15) is 5.76 Å². The molecular weight excluding hydrogens is 188 g/mol. The topological polar surface area (TPSA) is 38.1 Å². The van der Waals surface area contributed by atoms with Crippen molar-refractivity contribution in [2.24, 2.45) is 0 Å². The van der Waals surface area contributed by atoms with Gasteiger partial charge in [0, 0.05) is 12.4 Å². The fourth-order valence-electron chi connectivity index (χ4n) is 0.892. The average Bonchev–Trinajstić information content (AvgIpc) is 2.51. The Balaban J connectivity index is 2.16. The number of nitrogens with one attached hydrogen (secondary N) is 1. The van der Waals surface area contributed by atoms with Crippen molar-refractivity contribution in [3.8, 4) is 0 Å². The molecule has 72 valence electrons. The quantitative estimate of drug-likeness (QED) is 0.448. The molecule has 0 aliphatic rings. The summed E-state index contributed by atoms with van der Waals surface area (Å²) < 4.78 is 5.27. The molecule has 0 saturated carbocycles. The molecule has 0 aliphatic carbocycles. The first kappa shape index (κ1) is 10.3. The van der Waals surface area contributed by atoms with Crippen molar-refractivity contribution in [3.63, 3.8) is 0 Å². The van der Waals surface area contributed by atoms with E-state index in [1.54, 1.807) is 6.20 Å². The van der Waals surface area contributed by atoms with Gasteiger partial charge in [-0.25, -0.2) is 4.98 Å². The van der Waals surface area contributed by atoms with Crippen molar-refractivity contribution in [1.29, 1.82) is 0 Å². The third-order valence-corrected chi connectivity index (χ3v) is 1.64. The molecule has 0 amide bonds. The lowest BCUT2D eigenvalue weighted by Gasteiger charge is -1.95. The molecule has 0 atom stereocenters. The van der Waals surface area contributed by atoms with E-state index in [-0.39, 0.29) is 0 Å². The fraction of sp³-hybridized carbons (Fsp3) is 0.444. The van der Waals surface area contributed by atoms with E-state index in [9.17, 15) is 0 Å². The van der Waals surface area contributed by atoms with E-state index in [1.807, 2.05) is 19.1 Å². The first-order valence-corrected chi connectivity index (χ1v) is 4.69. The van der Waals surface area contributed by atoms with Gasteiger partial charge in [-0.15, -0.1) is 11.6 Å². The Morgan fingerprint density at radius 2 is 2.46 bits per heavy atom. The second-order valence-electron chi connectivity index (χ2n) is 2.62. The average molecular weight is 201 g/mol. The molecule has 1 N–H and O–H groups in total. The van der Waals surface area contributed by atoms with Gasteiger partial charge in [-0.1, -0.05) is 12.2 Å². The maximum absolute atomic E-state index is 5.46. The highest BCUT2D eigenvalue weighted by Gasteiger charge is 1.97. The highest BCUT2D eigenvalue weighted by Crippen LogP contribution is 1.99. The van der Waals surface area contributed by atoms with Crippen LogP contribution in [0.4, 0.5) is 0 Å². The van der Waals surface area contributed by atoms with Crippen LogP contribution in [0.25, 0.3) is 0 Å². The van der Waals surface area contributed by atoms with Crippen LogP contribution >= 0.6 is 11.6 Å². The molecule has 3 nitrogen and oxygen atoms in total. The summed E-state index contributed by atoms with van der Waals surface area (Å²) in [7, 11) is 0. The number of hydrogen-bond acceptors (Lipinski definition) is 3. The van der Waals surface area contributed by atoms with Crippen molar-refractivity contribution in [3.05, 3.63) is 30.0 Å². The van der Waals surface area contributed by atoms with E-state index in [0.717, 1.165) is 18.2 Å². The zero-order valence-corrected chi connectivity index (χ0v) is 8.34. The third kappa shape index (κ3) is 4.10. The number of oxazole rings is 1. The summed E-state index contributed by atoms with van der Waals surface area (Å²) in [5, 5.41) is 3.15. The van der Waals surface area contributed by atoms with Crippen LogP contribution in [0.3, 0.4) is 0 Å². The Kier molecular flexibility index (Phi) is 4.57. The molecule has 4 heteroatoms. The molecule has 1 rings (SSSR count). The summed E-state index contributed by atoms with van der Waals surface area (Å²) in [5.41, 5.74) is 0. The van der Waals surface area contributed by atoms with Gasteiger partial charge < -0.3 is 9.73 Å². The first-order chi connectivity index (χ1) is 6.33. The molecule has 0 spiro atoms. The van der Waals surface area contributed by atoms with Gasteiger partial charge in [0.05, 0.1) is 12.7 Å². The number of allylic oxidation sites excluding steroid dienone is 1. The van der Waals surface area contributed by atoms with Gasteiger partial charge in [0.25, 0.3) is 0 Å². The van der Waals surface area contributed by atoms with Gasteiger partial charge in [-0.2, -0.15) is 0 Å². The first-order valence-electron chi connectivity index (χ1n) is 4.16. The number of hydrogen-bond donors (Lipinski definition) is 1. The molecule has 13 heavy (non-hydrogen) atoms. The SMILES string of the molecule is Cc1cnc(CNC/C=C/CCl)o1. The van der Waals surface area contributed by atoms with E-state index in [1.165, 1.54) is 0 Å². The number of aryl methyl sites for hydroxylation is 1. The lowest BCUT2D eigenvalue weighted by molar-refractivity contribution is 0.455. The number of aromatic nitrogens is 1. The lowest BCUT2D eigenvalue weighted by atomic mass is 10.5. The van der Waals surface area contributed by atoms with E-state index >= 15 is 0 Å². The largest absolute Gasteiger partial charge is 0.445 e. The molecular formula is C9H13ClN2O. The molecule has 1 aromatic rings. The van der Waals surface area contributed by atoms with E-state index in [4.69, 9.17) is 16.0 Å². The monoisotopic (exact) mass is 200 g/mol. The normalized spacial score (nSPS) is 11.2. The Labute approximate surface area is 82.8 Å².